The summed E-state index contributed by atoms with van der Waals surface area (Å²) >= 11 is 3.32. The molecule has 0 bridgehead atoms. The minimum absolute atomic E-state index is 0.249. The van der Waals surface area contributed by atoms with Crippen LogP contribution in [0, 0.1) is 13.8 Å². The van der Waals surface area contributed by atoms with Crippen LogP contribution in [0.5, 0.6) is 0 Å². The van der Waals surface area contributed by atoms with Gasteiger partial charge in [-0.05, 0) is 25.5 Å². The summed E-state index contributed by atoms with van der Waals surface area (Å²) in [5.41, 5.74) is 3.57. The van der Waals surface area contributed by atoms with Gasteiger partial charge in [-0.15, -0.1) is 0 Å². The number of aryl methyl sites for hydroxylation is 2. The lowest BCUT2D eigenvalue weighted by Gasteiger charge is -2.23. The molecule has 3 nitrogen and oxygen atoms in total. The fourth-order valence-electron chi connectivity index (χ4n) is 1.77. The van der Waals surface area contributed by atoms with Crippen molar-refractivity contribution in [1.29, 1.82) is 0 Å². The quantitative estimate of drug-likeness (QED) is 0.632. The summed E-state index contributed by atoms with van der Waals surface area (Å²) in [4.78, 5) is 13.1. The molecule has 4 heteroatoms. The largest absolute Gasteiger partial charge is 0.468 e. The maximum Gasteiger partial charge on any atom is 0.321 e. The summed E-state index contributed by atoms with van der Waals surface area (Å²) in [6.07, 6.45) is 0. The summed E-state index contributed by atoms with van der Waals surface area (Å²) in [7, 11) is 3.36. The molecule has 0 heterocycles. The first-order valence-corrected chi connectivity index (χ1v) is 6.37. The van der Waals surface area contributed by atoms with Gasteiger partial charge in [-0.25, -0.2) is 0 Å². The SMILES string of the molecule is COC(=O)C(Br)CN(C)c1ccc(C)cc1C. The fourth-order valence-corrected chi connectivity index (χ4v) is 2.40. The van der Waals surface area contributed by atoms with Crippen LogP contribution < -0.4 is 4.90 Å². The molecule has 1 aromatic carbocycles. The van der Waals surface area contributed by atoms with E-state index in [0.717, 1.165) is 5.69 Å². The number of methoxy groups -OCH3 is 1. The molecule has 0 aliphatic heterocycles. The van der Waals surface area contributed by atoms with E-state index in [1.165, 1.54) is 18.2 Å². The van der Waals surface area contributed by atoms with E-state index < -0.39 is 0 Å². The van der Waals surface area contributed by atoms with Gasteiger partial charge in [0.15, 0.2) is 0 Å². The Hall–Kier alpha value is -1.03. The predicted octanol–water partition coefficient (Wildman–Crippen LogP) is 2.68. The molecule has 0 radical (unpaired) electrons. The van der Waals surface area contributed by atoms with Gasteiger partial charge in [-0.3, -0.25) is 4.79 Å². The normalized spacial score (nSPS) is 12.1. The zero-order valence-corrected chi connectivity index (χ0v) is 12.2. The van der Waals surface area contributed by atoms with Gasteiger partial charge in [-0.1, -0.05) is 33.6 Å². The lowest BCUT2D eigenvalue weighted by atomic mass is 10.1. The average molecular weight is 300 g/mol. The van der Waals surface area contributed by atoms with Gasteiger partial charge in [0.1, 0.15) is 4.83 Å². The summed E-state index contributed by atoms with van der Waals surface area (Å²) in [6, 6.07) is 6.27. The summed E-state index contributed by atoms with van der Waals surface area (Å²) in [6.45, 7) is 4.72. The maximum absolute atomic E-state index is 11.3. The van der Waals surface area contributed by atoms with Crippen molar-refractivity contribution in [2.75, 3.05) is 25.6 Å². The smallest absolute Gasteiger partial charge is 0.321 e. The lowest BCUT2D eigenvalue weighted by molar-refractivity contribution is -0.139. The third kappa shape index (κ3) is 3.73. The fraction of sp³-hybridized carbons (Fsp3) is 0.462. The molecule has 0 fully saturated rings. The summed E-state index contributed by atoms with van der Waals surface area (Å²) < 4.78 is 4.69. The molecule has 17 heavy (non-hydrogen) atoms. The van der Waals surface area contributed by atoms with Crippen LogP contribution in [-0.4, -0.2) is 31.5 Å². The van der Waals surface area contributed by atoms with E-state index in [9.17, 15) is 4.79 Å². The number of anilines is 1. The second-order valence-corrected chi connectivity index (χ2v) is 5.27. The average Bonchev–Trinajstić information content (AvgIpc) is 2.27. The molecule has 1 unspecified atom stereocenters. The van der Waals surface area contributed by atoms with Crippen molar-refractivity contribution in [2.45, 2.75) is 18.7 Å². The molecule has 0 spiro atoms. The highest BCUT2D eigenvalue weighted by atomic mass is 79.9. The Bertz CT molecular complexity index is 406. The van der Waals surface area contributed by atoms with E-state index in [-0.39, 0.29) is 10.8 Å². The number of carbonyl (C=O) groups excluding carboxylic acids is 1. The van der Waals surface area contributed by atoms with Crippen LogP contribution in [0.4, 0.5) is 5.69 Å². The number of hydrogen-bond donors (Lipinski definition) is 0. The van der Waals surface area contributed by atoms with Gasteiger partial charge in [0.2, 0.25) is 0 Å². The number of hydrogen-bond acceptors (Lipinski definition) is 3. The van der Waals surface area contributed by atoms with E-state index in [4.69, 9.17) is 0 Å². The van der Waals surface area contributed by atoms with Crippen molar-refractivity contribution >= 4 is 27.6 Å². The number of halogens is 1. The van der Waals surface area contributed by atoms with Gasteiger partial charge >= 0.3 is 5.97 Å². The first-order chi connectivity index (χ1) is 7.95. The van der Waals surface area contributed by atoms with Crippen molar-refractivity contribution < 1.29 is 9.53 Å². The molecule has 0 saturated heterocycles. The zero-order valence-electron chi connectivity index (χ0n) is 10.7. The number of alkyl halides is 1. The molecule has 1 atom stereocenters. The molecule has 0 aliphatic rings. The first-order valence-electron chi connectivity index (χ1n) is 5.46. The predicted molar refractivity (Wildman–Crippen MR) is 73.9 cm³/mol. The molecule has 1 aromatic rings. The van der Waals surface area contributed by atoms with Crippen LogP contribution in [0.1, 0.15) is 11.1 Å². The Balaban J connectivity index is 2.76. The molecule has 0 N–H and O–H groups in total. The Labute approximate surface area is 111 Å². The number of esters is 1. The van der Waals surface area contributed by atoms with Crippen molar-refractivity contribution in [3.05, 3.63) is 29.3 Å². The molecular weight excluding hydrogens is 282 g/mol. The second kappa shape index (κ2) is 6.05. The van der Waals surface area contributed by atoms with Crippen molar-refractivity contribution in [2.24, 2.45) is 0 Å². The van der Waals surface area contributed by atoms with Gasteiger partial charge in [0, 0.05) is 19.3 Å². The first kappa shape index (κ1) is 14.0. The minimum atomic E-state index is -0.307. The number of rotatable bonds is 4. The Kier molecular flexibility index (Phi) is 5.00. The van der Waals surface area contributed by atoms with Crippen LogP contribution in [0.15, 0.2) is 18.2 Å². The Morgan fingerprint density at radius 3 is 2.65 bits per heavy atom. The Morgan fingerprint density at radius 1 is 1.47 bits per heavy atom. The van der Waals surface area contributed by atoms with E-state index >= 15 is 0 Å². The second-order valence-electron chi connectivity index (χ2n) is 4.16. The van der Waals surface area contributed by atoms with Crippen LogP contribution in [-0.2, 0) is 9.53 Å². The van der Waals surface area contributed by atoms with E-state index in [0.29, 0.717) is 6.54 Å². The lowest BCUT2D eigenvalue weighted by Crippen LogP contribution is -2.31. The highest BCUT2D eigenvalue weighted by molar-refractivity contribution is 9.10. The molecule has 0 aliphatic carbocycles. The van der Waals surface area contributed by atoms with Gasteiger partial charge in [0.05, 0.1) is 7.11 Å². The molecule has 0 amide bonds. The third-order valence-electron chi connectivity index (χ3n) is 2.65. The van der Waals surface area contributed by atoms with Crippen LogP contribution in [0.25, 0.3) is 0 Å². The molecule has 94 valence electrons. The van der Waals surface area contributed by atoms with Crippen LogP contribution >= 0.6 is 15.9 Å². The number of benzene rings is 1. The number of nitrogens with zero attached hydrogens (tertiary/aromatic N) is 1. The summed E-state index contributed by atoms with van der Waals surface area (Å²) in [5.74, 6) is -0.249. The van der Waals surface area contributed by atoms with Gasteiger partial charge in [-0.2, -0.15) is 0 Å². The molecule has 1 rings (SSSR count). The zero-order chi connectivity index (χ0) is 13.0. The third-order valence-corrected chi connectivity index (χ3v) is 3.32. The highest BCUT2D eigenvalue weighted by Crippen LogP contribution is 2.21. The van der Waals surface area contributed by atoms with Crippen molar-refractivity contribution in [1.82, 2.24) is 0 Å². The standard InChI is InChI=1S/C13H18BrNO2/c1-9-5-6-12(10(2)7-9)15(3)8-11(14)13(16)17-4/h5-7,11H,8H2,1-4H3. The van der Waals surface area contributed by atoms with E-state index in [1.807, 2.05) is 11.9 Å². The maximum atomic E-state index is 11.3. The van der Waals surface area contributed by atoms with E-state index in [1.54, 1.807) is 0 Å². The topological polar surface area (TPSA) is 29.5 Å². The summed E-state index contributed by atoms with van der Waals surface area (Å²) in [5, 5.41) is 0. The van der Waals surface area contributed by atoms with E-state index in [2.05, 4.69) is 52.7 Å². The van der Waals surface area contributed by atoms with Crippen molar-refractivity contribution in [3.63, 3.8) is 0 Å². The number of carbonyl (C=O) groups is 1. The highest BCUT2D eigenvalue weighted by Gasteiger charge is 2.18. The monoisotopic (exact) mass is 299 g/mol. The molecular formula is C13H18BrNO2. The van der Waals surface area contributed by atoms with Crippen LogP contribution in [0.2, 0.25) is 0 Å². The molecule has 0 aromatic heterocycles. The Morgan fingerprint density at radius 2 is 2.12 bits per heavy atom. The van der Waals surface area contributed by atoms with Crippen LogP contribution in [0.3, 0.4) is 0 Å². The molecule has 0 saturated carbocycles. The van der Waals surface area contributed by atoms with Crippen molar-refractivity contribution in [3.8, 4) is 0 Å². The van der Waals surface area contributed by atoms with Gasteiger partial charge < -0.3 is 9.64 Å². The van der Waals surface area contributed by atoms with Gasteiger partial charge in [0.25, 0.3) is 0 Å². The minimum Gasteiger partial charge on any atom is -0.468 e. The number of ether oxygens (including phenoxy) is 1.